The molecule has 0 spiro atoms. The molecule has 3 heterocycles. The number of halogens is 2. The van der Waals surface area contributed by atoms with Crippen molar-refractivity contribution in [1.82, 2.24) is 4.48 Å². The average Bonchev–Trinajstić information content (AvgIpc) is 3.79. The van der Waals surface area contributed by atoms with Crippen LogP contribution in [-0.2, 0) is 33.0 Å². The van der Waals surface area contributed by atoms with Crippen LogP contribution in [0.1, 0.15) is 179 Å². The maximum atomic E-state index is 15.5. The highest BCUT2D eigenvalue weighted by Gasteiger charge is 2.51. The molecule has 0 saturated heterocycles. The number of ether oxygens (including phenoxy) is 2. The molecule has 15 heteroatoms. The smallest absolute Gasteiger partial charge is 0.603 e. The number of aryl methyl sites for hydroxylation is 1. The van der Waals surface area contributed by atoms with Gasteiger partial charge in [0.05, 0.1) is 21.1 Å². The van der Waals surface area contributed by atoms with Crippen molar-refractivity contribution in [2.75, 3.05) is 47.5 Å². The highest BCUT2D eigenvalue weighted by molar-refractivity contribution is 7.52. The lowest BCUT2D eigenvalue weighted by atomic mass is 9.90. The molecule has 61 heavy (non-hydrogen) atoms. The van der Waals surface area contributed by atoms with Gasteiger partial charge in [0.1, 0.15) is 32.1 Å². The first kappa shape index (κ1) is 52.9. The van der Waals surface area contributed by atoms with Gasteiger partial charge in [0.15, 0.2) is 11.8 Å². The summed E-state index contributed by atoms with van der Waals surface area (Å²) in [5.74, 6) is -0.915. The van der Waals surface area contributed by atoms with Crippen molar-refractivity contribution in [2.45, 2.75) is 180 Å². The second-order valence-corrected chi connectivity index (χ2v) is 19.6. The Hall–Kier alpha value is -2.48. The van der Waals surface area contributed by atoms with Crippen LogP contribution in [0.15, 0.2) is 30.0 Å². The van der Waals surface area contributed by atoms with Crippen molar-refractivity contribution >= 4 is 38.9 Å². The van der Waals surface area contributed by atoms with E-state index in [0.717, 1.165) is 75.1 Å². The van der Waals surface area contributed by atoms with Gasteiger partial charge >= 0.3 is 27.1 Å². The molecular weight excluding hydrogens is 802 g/mol. The average molecular weight is 882 g/mol. The summed E-state index contributed by atoms with van der Waals surface area (Å²) >= 11 is 0. The molecule has 0 fully saturated rings. The third kappa shape index (κ3) is 21.2. The molecule has 0 aromatic carbocycles. The zero-order valence-electron chi connectivity index (χ0n) is 38.4. The molecular formula is C46H79BF2N3O8P+. The molecule has 1 aromatic heterocycles. The first-order valence-corrected chi connectivity index (χ1v) is 25.1. The fourth-order valence-corrected chi connectivity index (χ4v) is 8.67. The molecule has 1 aromatic rings. The first-order valence-electron chi connectivity index (χ1n) is 23.6. The van der Waals surface area contributed by atoms with Gasteiger partial charge in [-0.2, -0.15) is 9.05 Å². The molecule has 0 bridgehead atoms. The Labute approximate surface area is 367 Å². The third-order valence-electron chi connectivity index (χ3n) is 11.6. The van der Waals surface area contributed by atoms with Gasteiger partial charge in [0.25, 0.3) is 0 Å². The monoisotopic (exact) mass is 882 g/mol. The molecule has 0 aliphatic carbocycles. The maximum Gasteiger partial charge on any atom is 0.737 e. The van der Waals surface area contributed by atoms with Gasteiger partial charge in [-0.1, -0.05) is 129 Å². The van der Waals surface area contributed by atoms with E-state index >= 15 is 8.63 Å². The van der Waals surface area contributed by atoms with Crippen LogP contribution in [0.3, 0.4) is 0 Å². The topological polar surface area (TPSA) is 122 Å². The van der Waals surface area contributed by atoms with Crippen LogP contribution in [-0.4, -0.2) is 91.7 Å². The van der Waals surface area contributed by atoms with Gasteiger partial charge in [0, 0.05) is 48.1 Å². The maximum absolute atomic E-state index is 15.5. The number of unbranched alkanes of at least 4 members (excludes halogenated alkanes) is 20. The number of carbonyl (C=O) groups excluding carboxylic acids is 2. The Morgan fingerprint density at radius 3 is 1.84 bits per heavy atom. The Morgan fingerprint density at radius 1 is 0.754 bits per heavy atom. The van der Waals surface area contributed by atoms with Crippen LogP contribution in [0.2, 0.25) is 0 Å². The lowest BCUT2D eigenvalue weighted by Gasteiger charge is -2.30. The van der Waals surface area contributed by atoms with Crippen LogP contribution in [0.5, 0.6) is 0 Å². The third-order valence-corrected chi connectivity index (χ3v) is 12.5. The largest absolute Gasteiger partial charge is 0.737 e. The molecule has 3 rings (SSSR count). The van der Waals surface area contributed by atoms with Crippen molar-refractivity contribution in [3.8, 4) is 0 Å². The standard InChI is InChI=1S/C46H79BF2N3O8P/c1-6-7-8-9-10-11-12-13-14-17-20-23-26-29-45(53)57-38-44(39-59-61(55,56)58-36-35-52(3,4)5)60-46(54)30-27-24-21-18-15-16-19-22-25-28-41-33-34-43-37-42-32-31-40(2)50(42)47(48,49)51(41)43/h31-34,37,44H,6-30,35-36,38-39H2,1-5H3/q+1/t44-/m1/s1. The summed E-state index contributed by atoms with van der Waals surface area (Å²) in [5, 5.41) is 0. The van der Waals surface area contributed by atoms with Crippen molar-refractivity contribution in [2.24, 2.45) is 0 Å². The summed E-state index contributed by atoms with van der Waals surface area (Å²) in [6, 6.07) is 3.49. The quantitative estimate of drug-likeness (QED) is 0.0216. The molecule has 11 nitrogen and oxygen atoms in total. The van der Waals surface area contributed by atoms with Gasteiger partial charge in [-0.25, -0.2) is 0 Å². The highest BCUT2D eigenvalue weighted by Crippen LogP contribution is 2.48. The van der Waals surface area contributed by atoms with E-state index < -0.39 is 39.8 Å². The fraction of sp³-hybridized carbons (Fsp3) is 0.761. The molecule has 0 unspecified atom stereocenters. The molecule has 2 aliphatic rings. The van der Waals surface area contributed by atoms with Gasteiger partial charge in [-0.3, -0.25) is 9.59 Å². The molecule has 2 aliphatic heterocycles. The Morgan fingerprint density at radius 2 is 1.28 bits per heavy atom. The molecule has 1 radical (unpaired) electrons. The number of hydrogen-bond donors (Lipinski definition) is 0. The van der Waals surface area contributed by atoms with Crippen LogP contribution in [0.4, 0.5) is 8.63 Å². The number of quaternary nitrogens is 1. The van der Waals surface area contributed by atoms with Gasteiger partial charge < -0.3 is 36.4 Å². The zero-order valence-corrected chi connectivity index (χ0v) is 39.3. The second kappa shape index (κ2) is 28.3. The summed E-state index contributed by atoms with van der Waals surface area (Å²) < 4.78 is 54.9. The van der Waals surface area contributed by atoms with E-state index in [1.54, 1.807) is 25.1 Å². The number of likely N-dealkylation sites (N-methyl/N-ethyl adjacent to an activating group) is 1. The lowest BCUT2D eigenvalue weighted by Crippen LogP contribution is -2.50. The van der Waals surface area contributed by atoms with Crippen LogP contribution >= 0.6 is 8.17 Å². The molecule has 347 valence electrons. The SMILES string of the molecule is CCCCCCCCCCCCCCCC(=O)OC[C@H](CO[P+]([O])([O-])OCC[N+](C)(C)C)OC(=O)CCCCCCCCCCCC1=[N+]2C(=Cc3ccc(C)n3[B-]2(F)F)C=C1. The summed E-state index contributed by atoms with van der Waals surface area (Å²) in [7, 11) is 1.07. The number of esters is 2. The van der Waals surface area contributed by atoms with Gasteiger partial charge in [-0.15, -0.1) is 0 Å². The lowest BCUT2D eigenvalue weighted by molar-refractivity contribution is -0.870. The summed E-state index contributed by atoms with van der Waals surface area (Å²) in [6.07, 6.45) is 29.5. The normalized spacial score (nSPS) is 16.0. The van der Waals surface area contributed by atoms with Crippen molar-refractivity contribution in [3.05, 3.63) is 41.4 Å². The number of carbonyl (C=O) groups is 2. The number of rotatable bonds is 36. The van der Waals surface area contributed by atoms with E-state index in [1.807, 2.05) is 33.3 Å². The summed E-state index contributed by atoms with van der Waals surface area (Å²) in [5.41, 5.74) is 2.35. The Balaban J connectivity index is 1.27. The van der Waals surface area contributed by atoms with Gasteiger partial charge in [-0.05, 0) is 44.0 Å². The molecule has 0 saturated carbocycles. The molecule has 1 atom stereocenters. The number of aromatic nitrogens is 1. The van der Waals surface area contributed by atoms with Gasteiger partial charge in [0.2, 0.25) is 0 Å². The van der Waals surface area contributed by atoms with E-state index in [0.29, 0.717) is 53.1 Å². The Kier molecular flexibility index (Phi) is 24.6. The fourth-order valence-electron chi connectivity index (χ4n) is 7.94. The van der Waals surface area contributed by atoms with Crippen molar-refractivity contribution in [1.29, 1.82) is 0 Å². The van der Waals surface area contributed by atoms with E-state index in [1.165, 1.54) is 62.3 Å². The van der Waals surface area contributed by atoms with Crippen molar-refractivity contribution < 1.29 is 55.5 Å². The molecule has 0 N–H and O–H groups in total. The predicted octanol–water partition coefficient (Wildman–Crippen LogP) is 10.8. The van der Waals surface area contributed by atoms with Crippen molar-refractivity contribution in [3.63, 3.8) is 0 Å². The van der Waals surface area contributed by atoms with E-state index in [9.17, 15) is 19.4 Å². The Bertz CT molecular complexity index is 1540. The number of fused-ring (bicyclic) bond motifs is 2. The van der Waals surface area contributed by atoms with Crippen LogP contribution in [0.25, 0.3) is 6.08 Å². The minimum Gasteiger partial charge on any atom is -0.603 e. The minimum atomic E-state index is -4.66. The summed E-state index contributed by atoms with van der Waals surface area (Å²) in [6.45, 7) is -0.349. The van der Waals surface area contributed by atoms with E-state index in [4.69, 9.17) is 18.5 Å². The second-order valence-electron chi connectivity index (χ2n) is 18.2. The van der Waals surface area contributed by atoms with Crippen LogP contribution < -0.4 is 4.89 Å². The zero-order chi connectivity index (χ0) is 44.6. The molecule has 0 amide bonds. The number of allylic oxidation sites excluding steroid dienone is 2. The van der Waals surface area contributed by atoms with E-state index in [-0.39, 0.29) is 26.1 Å². The number of hydrogen-bond acceptors (Lipinski definition) is 7. The minimum absolute atomic E-state index is 0.0574. The summed E-state index contributed by atoms with van der Waals surface area (Å²) in [4.78, 5) is 50.1. The first-order chi connectivity index (χ1) is 29.1. The van der Waals surface area contributed by atoms with Crippen LogP contribution in [0, 0.1) is 6.92 Å². The van der Waals surface area contributed by atoms with E-state index in [2.05, 4.69) is 6.92 Å². The number of nitrogens with zero attached hydrogens (tertiary/aromatic N) is 3. The highest BCUT2D eigenvalue weighted by atomic mass is 31.2. The predicted molar refractivity (Wildman–Crippen MR) is 239 cm³/mol.